The number of Topliss-reactive ketones (excluding diaryl/α,β-unsaturated/α-hetero) is 2. The van der Waals surface area contributed by atoms with Gasteiger partial charge in [0, 0.05) is 29.6 Å². The summed E-state index contributed by atoms with van der Waals surface area (Å²) in [5, 5.41) is 2.76. The number of carbonyl (C=O) groups excluding carboxylic acids is 3. The number of benzene rings is 2. The van der Waals surface area contributed by atoms with E-state index in [1.54, 1.807) is 50.2 Å². The fourth-order valence-electron chi connectivity index (χ4n) is 3.41. The second-order valence-corrected chi connectivity index (χ2v) is 7.52. The number of nitrogens with zero attached hydrogens (tertiary/aromatic N) is 1. The fraction of sp³-hybridized carbons (Fsp3) is 0.200. The number of nitrogens with one attached hydrogen (secondary N) is 1. The Hall–Kier alpha value is -3.67. The van der Waals surface area contributed by atoms with E-state index < -0.39 is 35.3 Å². The molecule has 31 heavy (non-hydrogen) atoms. The number of amides is 1. The van der Waals surface area contributed by atoms with Gasteiger partial charge < -0.3 is 5.32 Å². The van der Waals surface area contributed by atoms with Crippen molar-refractivity contribution in [1.82, 2.24) is 4.98 Å². The van der Waals surface area contributed by atoms with Crippen molar-refractivity contribution >= 4 is 23.2 Å². The highest BCUT2D eigenvalue weighted by molar-refractivity contribution is 6.14. The first-order chi connectivity index (χ1) is 14.9. The molecule has 3 rings (SSSR count). The Morgan fingerprint density at radius 1 is 0.871 bits per heavy atom. The zero-order chi connectivity index (χ0) is 22.4. The number of hydrogen-bond acceptors (Lipinski definition) is 4. The van der Waals surface area contributed by atoms with Crippen LogP contribution in [0.5, 0.6) is 0 Å². The van der Waals surface area contributed by atoms with E-state index in [1.807, 2.05) is 6.07 Å². The molecule has 0 aliphatic carbocycles. The van der Waals surface area contributed by atoms with Crippen molar-refractivity contribution < 1.29 is 18.8 Å². The van der Waals surface area contributed by atoms with Crippen molar-refractivity contribution in [3.05, 3.63) is 96.1 Å². The maximum absolute atomic E-state index is 13.5. The van der Waals surface area contributed by atoms with Gasteiger partial charge in [-0.25, -0.2) is 4.39 Å². The molecule has 2 unspecified atom stereocenters. The number of pyridine rings is 1. The van der Waals surface area contributed by atoms with E-state index in [1.165, 1.54) is 36.7 Å². The molecule has 3 aromatic rings. The maximum Gasteiger partial charge on any atom is 0.236 e. The molecule has 0 bridgehead atoms. The van der Waals surface area contributed by atoms with Crippen LogP contribution < -0.4 is 5.32 Å². The van der Waals surface area contributed by atoms with Gasteiger partial charge in [0.25, 0.3) is 0 Å². The van der Waals surface area contributed by atoms with Crippen molar-refractivity contribution in [2.75, 3.05) is 5.32 Å². The van der Waals surface area contributed by atoms with Gasteiger partial charge in [0.05, 0.1) is 5.92 Å². The molecule has 0 radical (unpaired) electrons. The van der Waals surface area contributed by atoms with Crippen molar-refractivity contribution in [1.29, 1.82) is 0 Å². The lowest BCUT2D eigenvalue weighted by molar-refractivity contribution is -0.133. The molecule has 2 atom stereocenters. The number of hydrogen-bond donors (Lipinski definition) is 1. The number of aromatic nitrogens is 1. The van der Waals surface area contributed by atoms with Crippen LogP contribution in [0.3, 0.4) is 0 Å². The van der Waals surface area contributed by atoms with Crippen LogP contribution in [0.2, 0.25) is 0 Å². The summed E-state index contributed by atoms with van der Waals surface area (Å²) < 4.78 is 13.4. The van der Waals surface area contributed by atoms with Crippen LogP contribution in [0.1, 0.15) is 35.7 Å². The average Bonchev–Trinajstić information content (AvgIpc) is 2.78. The quantitative estimate of drug-likeness (QED) is 0.426. The van der Waals surface area contributed by atoms with Gasteiger partial charge in [-0.05, 0) is 54.1 Å². The van der Waals surface area contributed by atoms with Gasteiger partial charge in [-0.1, -0.05) is 32.0 Å². The minimum absolute atomic E-state index is 0.220. The lowest BCUT2D eigenvalue weighted by Gasteiger charge is -2.26. The molecule has 158 valence electrons. The van der Waals surface area contributed by atoms with E-state index >= 15 is 0 Å². The maximum atomic E-state index is 13.5. The summed E-state index contributed by atoms with van der Waals surface area (Å²) in [4.78, 5) is 44.0. The van der Waals surface area contributed by atoms with E-state index in [9.17, 15) is 18.8 Å². The Kier molecular flexibility index (Phi) is 7.03. The van der Waals surface area contributed by atoms with Crippen LogP contribution in [0, 0.1) is 17.7 Å². The highest BCUT2D eigenvalue weighted by atomic mass is 19.1. The van der Waals surface area contributed by atoms with Gasteiger partial charge in [0.1, 0.15) is 17.5 Å². The Bertz CT molecular complexity index is 1050. The summed E-state index contributed by atoms with van der Waals surface area (Å²) in [6.07, 6.45) is 3.01. The number of ketones is 2. The number of rotatable bonds is 8. The Labute approximate surface area is 180 Å². The summed E-state index contributed by atoms with van der Waals surface area (Å²) >= 11 is 0. The highest BCUT2D eigenvalue weighted by Crippen LogP contribution is 2.32. The molecular weight excluding hydrogens is 395 g/mol. The number of carbonyl (C=O) groups is 3. The zero-order valence-electron chi connectivity index (χ0n) is 17.3. The first-order valence-electron chi connectivity index (χ1n) is 9.98. The van der Waals surface area contributed by atoms with E-state index in [0.29, 0.717) is 11.3 Å². The van der Waals surface area contributed by atoms with Crippen molar-refractivity contribution in [2.24, 2.45) is 11.8 Å². The number of anilines is 1. The minimum Gasteiger partial charge on any atom is -0.325 e. The lowest BCUT2D eigenvalue weighted by atomic mass is 9.76. The summed E-state index contributed by atoms with van der Waals surface area (Å²) in [6.45, 7) is 3.38. The second-order valence-electron chi connectivity index (χ2n) is 7.52. The van der Waals surface area contributed by atoms with Crippen molar-refractivity contribution in [3.8, 4) is 0 Å². The third-order valence-corrected chi connectivity index (χ3v) is 5.01. The van der Waals surface area contributed by atoms with Crippen LogP contribution in [-0.2, 0) is 9.59 Å². The average molecular weight is 418 g/mol. The second kappa shape index (κ2) is 9.89. The van der Waals surface area contributed by atoms with Gasteiger partial charge in [-0.15, -0.1) is 0 Å². The van der Waals surface area contributed by atoms with Crippen LogP contribution in [-0.4, -0.2) is 22.5 Å². The predicted molar refractivity (Wildman–Crippen MR) is 116 cm³/mol. The van der Waals surface area contributed by atoms with E-state index in [2.05, 4.69) is 10.3 Å². The van der Waals surface area contributed by atoms with Gasteiger partial charge in [0.2, 0.25) is 5.91 Å². The monoisotopic (exact) mass is 418 g/mol. The molecule has 5 nitrogen and oxygen atoms in total. The van der Waals surface area contributed by atoms with Gasteiger partial charge in [-0.2, -0.15) is 0 Å². The Balaban J connectivity index is 2.08. The summed E-state index contributed by atoms with van der Waals surface area (Å²) in [5.41, 5.74) is 1.24. The van der Waals surface area contributed by atoms with Crippen LogP contribution >= 0.6 is 0 Å². The summed E-state index contributed by atoms with van der Waals surface area (Å²) in [6, 6.07) is 17.1. The van der Waals surface area contributed by atoms with Crippen molar-refractivity contribution in [2.45, 2.75) is 19.8 Å². The van der Waals surface area contributed by atoms with Gasteiger partial charge in [-0.3, -0.25) is 19.4 Å². The zero-order valence-corrected chi connectivity index (χ0v) is 17.3. The molecule has 1 N–H and O–H groups in total. The molecule has 6 heteroatoms. The first-order valence-corrected chi connectivity index (χ1v) is 9.98. The molecule has 0 saturated carbocycles. The predicted octanol–water partition coefficient (Wildman–Crippen LogP) is 4.67. The molecule has 0 spiro atoms. The van der Waals surface area contributed by atoms with Crippen LogP contribution in [0.25, 0.3) is 0 Å². The fourth-order valence-corrected chi connectivity index (χ4v) is 3.41. The Morgan fingerprint density at radius 3 is 2.06 bits per heavy atom. The highest BCUT2D eigenvalue weighted by Gasteiger charge is 2.41. The SMILES string of the molecule is CC(C)C(=O)C(C(=O)Nc1ccccc1)C(C(=O)c1ccc(F)cc1)c1ccncc1. The molecule has 0 aliphatic rings. The molecule has 1 amide bonds. The summed E-state index contributed by atoms with van der Waals surface area (Å²) in [7, 11) is 0. The standard InChI is InChI=1S/C25H23FN2O3/c1-16(2)23(29)22(25(31)28-20-6-4-3-5-7-20)21(17-12-14-27-15-13-17)24(30)18-8-10-19(26)11-9-18/h3-16,21-22H,1-2H3,(H,28,31). The molecule has 1 heterocycles. The van der Waals surface area contributed by atoms with Gasteiger partial charge in [0.15, 0.2) is 5.78 Å². The third kappa shape index (κ3) is 5.28. The third-order valence-electron chi connectivity index (χ3n) is 5.01. The number of para-hydroxylation sites is 1. The lowest BCUT2D eigenvalue weighted by Crippen LogP contribution is -2.40. The molecule has 0 saturated heterocycles. The minimum atomic E-state index is -1.26. The molecular formula is C25H23FN2O3. The topological polar surface area (TPSA) is 76.1 Å². The Morgan fingerprint density at radius 2 is 1.48 bits per heavy atom. The smallest absolute Gasteiger partial charge is 0.236 e. The molecule has 0 fully saturated rings. The molecule has 1 aromatic heterocycles. The van der Waals surface area contributed by atoms with Gasteiger partial charge >= 0.3 is 0 Å². The van der Waals surface area contributed by atoms with Crippen molar-refractivity contribution in [3.63, 3.8) is 0 Å². The largest absolute Gasteiger partial charge is 0.325 e. The normalized spacial score (nSPS) is 12.8. The van der Waals surface area contributed by atoms with E-state index in [4.69, 9.17) is 0 Å². The number of halogens is 1. The van der Waals surface area contributed by atoms with Crippen LogP contribution in [0.4, 0.5) is 10.1 Å². The van der Waals surface area contributed by atoms with E-state index in [-0.39, 0.29) is 11.3 Å². The van der Waals surface area contributed by atoms with Crippen LogP contribution in [0.15, 0.2) is 79.1 Å². The summed E-state index contributed by atoms with van der Waals surface area (Å²) in [5.74, 6) is -4.65. The molecule has 2 aromatic carbocycles. The molecule has 0 aliphatic heterocycles. The van der Waals surface area contributed by atoms with E-state index in [0.717, 1.165) is 0 Å². The first kappa shape index (κ1) is 22.0.